The van der Waals surface area contributed by atoms with Crippen molar-refractivity contribution >= 4 is 5.97 Å². The van der Waals surface area contributed by atoms with Gasteiger partial charge in [0.05, 0.1) is 37.1 Å². The van der Waals surface area contributed by atoms with Gasteiger partial charge in [0.2, 0.25) is 0 Å². The number of hydrogen-bond acceptors (Lipinski definition) is 5. The summed E-state index contributed by atoms with van der Waals surface area (Å²) in [6.45, 7) is 6.68. The van der Waals surface area contributed by atoms with E-state index in [1.807, 2.05) is 32.4 Å². The van der Waals surface area contributed by atoms with E-state index in [-0.39, 0.29) is 5.69 Å². The van der Waals surface area contributed by atoms with Crippen LogP contribution in [0.2, 0.25) is 0 Å². The lowest BCUT2D eigenvalue weighted by atomic mass is 10.2. The van der Waals surface area contributed by atoms with Crippen molar-refractivity contribution in [1.82, 2.24) is 24.5 Å². The highest BCUT2D eigenvalue weighted by Gasteiger charge is 2.18. The Morgan fingerprint density at radius 2 is 2.20 bits per heavy atom. The van der Waals surface area contributed by atoms with Crippen molar-refractivity contribution in [3.8, 4) is 0 Å². The third-order valence-corrected chi connectivity index (χ3v) is 2.95. The first-order chi connectivity index (χ1) is 9.49. The summed E-state index contributed by atoms with van der Waals surface area (Å²) in [7, 11) is 1.91. The number of nitrogens with zero attached hydrogens (tertiary/aromatic N) is 5. The van der Waals surface area contributed by atoms with Crippen molar-refractivity contribution < 1.29 is 9.53 Å². The van der Waals surface area contributed by atoms with Crippen LogP contribution in [-0.2, 0) is 18.3 Å². The number of carbonyl (C=O) groups excluding carboxylic acids is 1. The van der Waals surface area contributed by atoms with Gasteiger partial charge in [0, 0.05) is 7.05 Å². The van der Waals surface area contributed by atoms with Crippen LogP contribution in [0.1, 0.15) is 35.7 Å². The first kappa shape index (κ1) is 14.2. The summed E-state index contributed by atoms with van der Waals surface area (Å²) >= 11 is 0. The van der Waals surface area contributed by atoms with E-state index in [4.69, 9.17) is 4.74 Å². The average molecular weight is 277 g/mol. The maximum atomic E-state index is 11.9. The molecule has 2 aromatic rings. The van der Waals surface area contributed by atoms with E-state index < -0.39 is 5.97 Å². The third kappa shape index (κ3) is 3.04. The Morgan fingerprint density at radius 3 is 2.80 bits per heavy atom. The first-order valence-corrected chi connectivity index (χ1v) is 6.51. The Morgan fingerprint density at radius 1 is 1.45 bits per heavy atom. The highest BCUT2D eigenvalue weighted by Crippen LogP contribution is 2.09. The highest BCUT2D eigenvalue weighted by atomic mass is 16.5. The molecule has 2 rings (SSSR count). The molecular formula is C13H19N5O2. The van der Waals surface area contributed by atoms with Crippen LogP contribution in [0.15, 0.2) is 12.5 Å². The number of aromatic nitrogens is 5. The molecule has 0 fully saturated rings. The highest BCUT2D eigenvalue weighted by molar-refractivity contribution is 5.88. The van der Waals surface area contributed by atoms with Crippen molar-refractivity contribution in [2.75, 3.05) is 6.61 Å². The van der Waals surface area contributed by atoms with Crippen LogP contribution in [0.5, 0.6) is 0 Å². The minimum absolute atomic E-state index is 0.271. The van der Waals surface area contributed by atoms with Gasteiger partial charge in [-0.25, -0.2) is 14.5 Å². The van der Waals surface area contributed by atoms with Crippen molar-refractivity contribution in [2.45, 2.75) is 27.3 Å². The predicted octanol–water partition coefficient (Wildman–Crippen LogP) is 1.18. The molecule has 108 valence electrons. The molecular weight excluding hydrogens is 258 g/mol. The summed E-state index contributed by atoms with van der Waals surface area (Å²) in [5.74, 6) is -0.129. The number of imidazole rings is 1. The molecule has 0 radical (unpaired) electrons. The summed E-state index contributed by atoms with van der Waals surface area (Å²) < 4.78 is 8.74. The zero-order valence-corrected chi connectivity index (χ0v) is 12.2. The normalized spacial score (nSPS) is 11.1. The topological polar surface area (TPSA) is 74.8 Å². The van der Waals surface area contributed by atoms with E-state index in [0.717, 1.165) is 5.69 Å². The SMILES string of the molecule is Cc1c(C(=O)OCC(C)C)nnn1Cc1cncn1C. The molecule has 0 amide bonds. The zero-order valence-electron chi connectivity index (χ0n) is 12.2. The van der Waals surface area contributed by atoms with Gasteiger partial charge in [0.1, 0.15) is 0 Å². The smallest absolute Gasteiger partial charge is 0.360 e. The molecule has 0 spiro atoms. The van der Waals surface area contributed by atoms with Crippen LogP contribution >= 0.6 is 0 Å². The Bertz CT molecular complexity index is 600. The monoisotopic (exact) mass is 277 g/mol. The number of carbonyl (C=O) groups is 1. The molecule has 0 aliphatic heterocycles. The van der Waals surface area contributed by atoms with Gasteiger partial charge in [-0.1, -0.05) is 19.1 Å². The standard InChI is InChI=1S/C13H19N5O2/c1-9(2)7-20-13(19)12-10(3)18(16-15-12)6-11-5-14-8-17(11)4/h5,8-9H,6-7H2,1-4H3. The Kier molecular flexibility index (Phi) is 4.16. The summed E-state index contributed by atoms with van der Waals surface area (Å²) in [6.07, 6.45) is 3.48. The fraction of sp³-hybridized carbons (Fsp3) is 0.538. The van der Waals surface area contributed by atoms with Crippen molar-refractivity contribution in [3.63, 3.8) is 0 Å². The van der Waals surface area contributed by atoms with Gasteiger partial charge in [0.25, 0.3) is 0 Å². The molecule has 2 heterocycles. The number of aryl methyl sites for hydroxylation is 1. The van der Waals surface area contributed by atoms with E-state index >= 15 is 0 Å². The van der Waals surface area contributed by atoms with Crippen molar-refractivity contribution in [3.05, 3.63) is 29.6 Å². The summed E-state index contributed by atoms with van der Waals surface area (Å²) in [5, 5.41) is 7.92. The van der Waals surface area contributed by atoms with E-state index in [2.05, 4.69) is 15.3 Å². The maximum Gasteiger partial charge on any atom is 0.360 e. The van der Waals surface area contributed by atoms with Gasteiger partial charge in [-0.3, -0.25) is 0 Å². The lowest BCUT2D eigenvalue weighted by Gasteiger charge is -2.06. The second-order valence-electron chi connectivity index (χ2n) is 5.17. The lowest BCUT2D eigenvalue weighted by Crippen LogP contribution is -2.12. The molecule has 0 bridgehead atoms. The third-order valence-electron chi connectivity index (χ3n) is 2.95. The number of rotatable bonds is 5. The van der Waals surface area contributed by atoms with Crippen molar-refractivity contribution in [1.29, 1.82) is 0 Å². The van der Waals surface area contributed by atoms with Gasteiger partial charge in [-0.15, -0.1) is 5.10 Å². The van der Waals surface area contributed by atoms with Crippen LogP contribution in [0.4, 0.5) is 0 Å². The van der Waals surface area contributed by atoms with E-state index in [9.17, 15) is 4.79 Å². The minimum atomic E-state index is -0.424. The number of esters is 1. The molecule has 0 unspecified atom stereocenters. The van der Waals surface area contributed by atoms with Gasteiger partial charge >= 0.3 is 5.97 Å². The fourth-order valence-electron chi connectivity index (χ4n) is 1.70. The summed E-state index contributed by atoms with van der Waals surface area (Å²) in [6, 6.07) is 0. The number of ether oxygens (including phenoxy) is 1. The van der Waals surface area contributed by atoms with Crippen LogP contribution in [0, 0.1) is 12.8 Å². The first-order valence-electron chi connectivity index (χ1n) is 6.51. The Hall–Kier alpha value is -2.18. The molecule has 0 saturated heterocycles. The molecule has 7 nitrogen and oxygen atoms in total. The van der Waals surface area contributed by atoms with E-state index in [1.54, 1.807) is 17.2 Å². The maximum absolute atomic E-state index is 11.9. The van der Waals surface area contributed by atoms with Crippen LogP contribution < -0.4 is 0 Å². The van der Waals surface area contributed by atoms with Gasteiger partial charge in [-0.05, 0) is 12.8 Å². The molecule has 0 aromatic carbocycles. The Balaban J connectivity index is 2.11. The zero-order chi connectivity index (χ0) is 14.7. The Labute approximate surface area is 117 Å². The van der Waals surface area contributed by atoms with Crippen LogP contribution in [0.25, 0.3) is 0 Å². The van der Waals surface area contributed by atoms with Gasteiger partial charge in [-0.2, -0.15) is 0 Å². The predicted molar refractivity (Wildman–Crippen MR) is 72.2 cm³/mol. The minimum Gasteiger partial charge on any atom is -0.461 e. The number of hydrogen-bond donors (Lipinski definition) is 0. The van der Waals surface area contributed by atoms with Crippen LogP contribution in [0.3, 0.4) is 0 Å². The fourth-order valence-corrected chi connectivity index (χ4v) is 1.70. The van der Waals surface area contributed by atoms with E-state index in [1.165, 1.54) is 0 Å². The summed E-state index contributed by atoms with van der Waals surface area (Å²) in [5.41, 5.74) is 1.95. The largest absolute Gasteiger partial charge is 0.461 e. The van der Waals surface area contributed by atoms with Crippen molar-refractivity contribution in [2.24, 2.45) is 13.0 Å². The molecule has 0 atom stereocenters. The molecule has 20 heavy (non-hydrogen) atoms. The second-order valence-corrected chi connectivity index (χ2v) is 5.17. The molecule has 7 heteroatoms. The lowest BCUT2D eigenvalue weighted by molar-refractivity contribution is 0.0451. The summed E-state index contributed by atoms with van der Waals surface area (Å²) in [4.78, 5) is 15.9. The quantitative estimate of drug-likeness (QED) is 0.767. The molecule has 0 aliphatic rings. The van der Waals surface area contributed by atoms with Gasteiger partial charge in [0.15, 0.2) is 5.69 Å². The van der Waals surface area contributed by atoms with E-state index in [0.29, 0.717) is 24.8 Å². The molecule has 2 aromatic heterocycles. The molecule has 0 aliphatic carbocycles. The van der Waals surface area contributed by atoms with Crippen LogP contribution in [-0.4, -0.2) is 37.1 Å². The second kappa shape index (κ2) is 5.85. The van der Waals surface area contributed by atoms with Gasteiger partial charge < -0.3 is 9.30 Å². The average Bonchev–Trinajstić information content (AvgIpc) is 2.95. The molecule has 0 saturated carbocycles. The molecule has 0 N–H and O–H groups in total.